The molecule has 0 radical (unpaired) electrons. The van der Waals surface area contributed by atoms with Crippen LogP contribution < -0.4 is 15.4 Å². The maximum Gasteiger partial charge on any atom is 0.388 e. The van der Waals surface area contributed by atoms with Gasteiger partial charge in [0.1, 0.15) is 5.82 Å². The molecule has 1 aromatic heterocycles. The number of alkyl halides is 2. The van der Waals surface area contributed by atoms with Gasteiger partial charge in [0, 0.05) is 29.6 Å². The molecule has 2 N–H and O–H groups in total. The van der Waals surface area contributed by atoms with Crippen molar-refractivity contribution in [3.05, 3.63) is 51.9 Å². The molecule has 0 spiro atoms. The van der Waals surface area contributed by atoms with Crippen LogP contribution in [0.15, 0.2) is 24.3 Å². The molecule has 1 unspecified atom stereocenters. The SMILES string of the molecule is CC(C)(C(=O)NCc1cc(F)c(C2CCC(=O)NC2=O)c(Cl)c1)c1ccc(OC(F)F)nn1. The van der Waals surface area contributed by atoms with Crippen molar-refractivity contribution in [2.45, 2.75) is 51.2 Å². The second kappa shape index (κ2) is 9.74. The number of nitrogens with zero attached hydrogens (tertiary/aromatic N) is 2. The van der Waals surface area contributed by atoms with Gasteiger partial charge in [-0.1, -0.05) is 11.6 Å². The average Bonchev–Trinajstić information content (AvgIpc) is 2.73. The van der Waals surface area contributed by atoms with Crippen molar-refractivity contribution in [3.63, 3.8) is 0 Å². The number of rotatable bonds is 7. The van der Waals surface area contributed by atoms with Crippen LogP contribution in [0.25, 0.3) is 0 Å². The van der Waals surface area contributed by atoms with E-state index >= 15 is 0 Å². The Morgan fingerprint density at radius 1 is 1.30 bits per heavy atom. The van der Waals surface area contributed by atoms with Gasteiger partial charge in [-0.3, -0.25) is 19.7 Å². The van der Waals surface area contributed by atoms with Gasteiger partial charge < -0.3 is 10.1 Å². The summed E-state index contributed by atoms with van der Waals surface area (Å²) in [7, 11) is 0. The Hall–Kier alpha value is -3.21. The van der Waals surface area contributed by atoms with Crippen LogP contribution in [0.3, 0.4) is 0 Å². The van der Waals surface area contributed by atoms with Crippen molar-refractivity contribution in [1.82, 2.24) is 20.8 Å². The molecular formula is C21H20ClF3N4O4. The summed E-state index contributed by atoms with van der Waals surface area (Å²) in [4.78, 5) is 36.1. The van der Waals surface area contributed by atoms with Gasteiger partial charge in [0.05, 0.1) is 17.0 Å². The van der Waals surface area contributed by atoms with Crippen LogP contribution in [0, 0.1) is 5.82 Å². The summed E-state index contributed by atoms with van der Waals surface area (Å²) in [5, 5.41) is 12.1. The number of ether oxygens (including phenoxy) is 1. The summed E-state index contributed by atoms with van der Waals surface area (Å²) in [6, 6.07) is 5.11. The van der Waals surface area contributed by atoms with E-state index in [-0.39, 0.29) is 41.5 Å². The highest BCUT2D eigenvalue weighted by Gasteiger charge is 2.33. The van der Waals surface area contributed by atoms with Crippen LogP contribution in [-0.4, -0.2) is 34.5 Å². The Balaban J connectivity index is 1.69. The Morgan fingerprint density at radius 3 is 2.61 bits per heavy atom. The first-order valence-electron chi connectivity index (χ1n) is 9.88. The number of imide groups is 1. The molecule has 176 valence electrons. The monoisotopic (exact) mass is 484 g/mol. The number of nitrogens with one attached hydrogen (secondary N) is 2. The van der Waals surface area contributed by atoms with Crippen molar-refractivity contribution in [3.8, 4) is 5.88 Å². The van der Waals surface area contributed by atoms with Crippen molar-refractivity contribution in [2.75, 3.05) is 0 Å². The number of halogens is 4. The number of carbonyl (C=O) groups excluding carboxylic acids is 3. The maximum atomic E-state index is 14.8. The van der Waals surface area contributed by atoms with Crippen molar-refractivity contribution >= 4 is 29.3 Å². The zero-order valence-electron chi connectivity index (χ0n) is 17.6. The minimum absolute atomic E-state index is 0.00143. The van der Waals surface area contributed by atoms with Gasteiger partial charge in [-0.25, -0.2) is 4.39 Å². The van der Waals surface area contributed by atoms with Gasteiger partial charge in [0.2, 0.25) is 23.6 Å². The predicted molar refractivity (Wildman–Crippen MR) is 110 cm³/mol. The molecule has 33 heavy (non-hydrogen) atoms. The summed E-state index contributed by atoms with van der Waals surface area (Å²) in [5.74, 6) is -3.50. The lowest BCUT2D eigenvalue weighted by Gasteiger charge is -2.24. The fourth-order valence-electron chi connectivity index (χ4n) is 3.37. The van der Waals surface area contributed by atoms with Crippen LogP contribution in [0.4, 0.5) is 13.2 Å². The number of amides is 3. The predicted octanol–water partition coefficient (Wildman–Crippen LogP) is 2.98. The normalized spacial score (nSPS) is 16.5. The average molecular weight is 485 g/mol. The van der Waals surface area contributed by atoms with E-state index in [1.54, 1.807) is 13.8 Å². The van der Waals surface area contributed by atoms with Gasteiger partial charge in [0.15, 0.2) is 0 Å². The molecule has 0 aliphatic carbocycles. The lowest BCUT2D eigenvalue weighted by atomic mass is 9.87. The smallest absolute Gasteiger partial charge is 0.388 e. The number of hydrogen-bond donors (Lipinski definition) is 2. The minimum Gasteiger partial charge on any atom is -0.415 e. The van der Waals surface area contributed by atoms with E-state index in [2.05, 4.69) is 25.6 Å². The highest BCUT2D eigenvalue weighted by molar-refractivity contribution is 6.31. The highest BCUT2D eigenvalue weighted by Crippen LogP contribution is 2.33. The molecule has 2 heterocycles. The molecule has 3 amide bonds. The van der Waals surface area contributed by atoms with Gasteiger partial charge >= 0.3 is 6.61 Å². The summed E-state index contributed by atoms with van der Waals surface area (Å²) in [6.07, 6.45) is 0.227. The lowest BCUT2D eigenvalue weighted by molar-refractivity contribution is -0.134. The number of benzene rings is 1. The minimum atomic E-state index is -3.05. The maximum absolute atomic E-state index is 14.8. The Morgan fingerprint density at radius 2 is 2.03 bits per heavy atom. The molecule has 1 fully saturated rings. The van der Waals surface area contributed by atoms with Gasteiger partial charge in [-0.15, -0.1) is 5.10 Å². The van der Waals surface area contributed by atoms with E-state index < -0.39 is 41.5 Å². The third-order valence-corrected chi connectivity index (χ3v) is 5.55. The zero-order valence-corrected chi connectivity index (χ0v) is 18.4. The van der Waals surface area contributed by atoms with Gasteiger partial charge in [0.25, 0.3) is 0 Å². The van der Waals surface area contributed by atoms with E-state index in [4.69, 9.17) is 11.6 Å². The Labute approximate surface area is 191 Å². The van der Waals surface area contributed by atoms with Crippen molar-refractivity contribution in [2.24, 2.45) is 0 Å². The van der Waals surface area contributed by atoms with Crippen LogP contribution in [0.1, 0.15) is 49.4 Å². The molecule has 1 aliphatic rings. The number of carbonyl (C=O) groups is 3. The summed E-state index contributed by atoms with van der Waals surface area (Å²) >= 11 is 6.22. The van der Waals surface area contributed by atoms with Gasteiger partial charge in [-0.05, 0) is 44.0 Å². The third-order valence-electron chi connectivity index (χ3n) is 5.24. The number of aromatic nitrogens is 2. The molecule has 3 rings (SSSR count). The van der Waals surface area contributed by atoms with E-state index in [0.29, 0.717) is 5.56 Å². The lowest BCUT2D eigenvalue weighted by Crippen LogP contribution is -2.40. The van der Waals surface area contributed by atoms with Crippen LogP contribution in [-0.2, 0) is 26.3 Å². The molecule has 2 aromatic rings. The second-order valence-electron chi connectivity index (χ2n) is 7.92. The topological polar surface area (TPSA) is 110 Å². The summed E-state index contributed by atoms with van der Waals surface area (Å²) < 4.78 is 43.4. The quantitative estimate of drug-likeness (QED) is 0.585. The molecule has 0 saturated carbocycles. The first-order valence-corrected chi connectivity index (χ1v) is 10.3. The molecule has 1 aromatic carbocycles. The summed E-state index contributed by atoms with van der Waals surface area (Å²) in [6.45, 7) is -0.0107. The van der Waals surface area contributed by atoms with E-state index in [1.807, 2.05) is 0 Å². The Bertz CT molecular complexity index is 1060. The molecule has 12 heteroatoms. The number of piperidine rings is 1. The van der Waals surface area contributed by atoms with Gasteiger partial charge in [-0.2, -0.15) is 13.9 Å². The van der Waals surface area contributed by atoms with E-state index in [0.717, 1.165) is 6.07 Å². The summed E-state index contributed by atoms with van der Waals surface area (Å²) in [5.41, 5.74) is -0.632. The molecule has 1 aliphatic heterocycles. The third kappa shape index (κ3) is 5.59. The second-order valence-corrected chi connectivity index (χ2v) is 8.33. The highest BCUT2D eigenvalue weighted by atomic mass is 35.5. The van der Waals surface area contributed by atoms with Crippen LogP contribution in [0.2, 0.25) is 5.02 Å². The van der Waals surface area contributed by atoms with Crippen molar-refractivity contribution in [1.29, 1.82) is 0 Å². The number of hydrogen-bond acceptors (Lipinski definition) is 6. The molecule has 1 saturated heterocycles. The van der Waals surface area contributed by atoms with E-state index in [9.17, 15) is 27.6 Å². The van der Waals surface area contributed by atoms with Crippen molar-refractivity contribution < 1.29 is 32.3 Å². The first-order chi connectivity index (χ1) is 15.5. The van der Waals surface area contributed by atoms with Crippen LogP contribution >= 0.6 is 11.6 Å². The molecule has 0 bridgehead atoms. The standard InChI is InChI=1S/C21H20ClF3N4O4/c1-21(2,14-4-6-16(29-28-14)33-20(24)25)19(32)26-9-10-7-12(22)17(13(23)8-10)11-3-5-15(30)27-18(11)31/h4,6-8,11,20H,3,5,9H2,1-2H3,(H,26,32)(H,27,30,31). The molecule has 8 nitrogen and oxygen atoms in total. The Kier molecular flexibility index (Phi) is 7.21. The largest absolute Gasteiger partial charge is 0.415 e. The molecule has 1 atom stereocenters. The fraction of sp³-hybridized carbons (Fsp3) is 0.381. The van der Waals surface area contributed by atoms with E-state index in [1.165, 1.54) is 18.2 Å². The first kappa shape index (κ1) is 24.4. The zero-order chi connectivity index (χ0) is 24.3. The molecular weight excluding hydrogens is 465 g/mol. The fourth-order valence-corrected chi connectivity index (χ4v) is 3.73. The van der Waals surface area contributed by atoms with Crippen LogP contribution in [0.5, 0.6) is 5.88 Å².